The van der Waals surface area contributed by atoms with Crippen molar-refractivity contribution in [2.75, 3.05) is 17.8 Å². The van der Waals surface area contributed by atoms with E-state index in [9.17, 15) is 4.79 Å². The SMILES string of the molecule is COC(=O)CC1(CBr)N=C(c2ccccc2)c2cc(Cl)ccc2N1. The third-order valence-corrected chi connectivity index (χ3v) is 5.03. The molecule has 0 bridgehead atoms. The molecule has 0 saturated carbocycles. The smallest absolute Gasteiger partial charge is 0.309 e. The zero-order valence-corrected chi connectivity index (χ0v) is 15.4. The average molecular weight is 408 g/mol. The lowest BCUT2D eigenvalue weighted by Crippen LogP contribution is -2.44. The number of nitrogens with zero attached hydrogens (tertiary/aromatic N) is 1. The monoisotopic (exact) mass is 406 g/mol. The van der Waals surface area contributed by atoms with E-state index in [1.54, 1.807) is 0 Å². The van der Waals surface area contributed by atoms with E-state index in [-0.39, 0.29) is 12.4 Å². The van der Waals surface area contributed by atoms with E-state index in [1.807, 2.05) is 48.5 Å². The number of carbonyl (C=O) groups excluding carboxylic acids is 1. The van der Waals surface area contributed by atoms with Crippen LogP contribution < -0.4 is 5.32 Å². The minimum atomic E-state index is -0.806. The van der Waals surface area contributed by atoms with Crippen LogP contribution in [0.2, 0.25) is 5.02 Å². The van der Waals surface area contributed by atoms with Gasteiger partial charge in [0.1, 0.15) is 0 Å². The van der Waals surface area contributed by atoms with Gasteiger partial charge < -0.3 is 10.1 Å². The molecule has 1 aliphatic rings. The van der Waals surface area contributed by atoms with Crippen molar-refractivity contribution in [1.82, 2.24) is 0 Å². The number of esters is 1. The lowest BCUT2D eigenvalue weighted by Gasteiger charge is -2.35. The Bertz CT molecular complexity index is 795. The first kappa shape index (κ1) is 17.0. The summed E-state index contributed by atoms with van der Waals surface area (Å²) in [6.07, 6.45) is 0.118. The zero-order valence-electron chi connectivity index (χ0n) is 13.1. The molecule has 0 fully saturated rings. The molecule has 1 aliphatic heterocycles. The third kappa shape index (κ3) is 3.32. The van der Waals surface area contributed by atoms with Gasteiger partial charge in [-0.3, -0.25) is 9.79 Å². The molecular formula is C18H16BrClN2O2. The van der Waals surface area contributed by atoms with Gasteiger partial charge in [0.15, 0.2) is 5.66 Å². The van der Waals surface area contributed by atoms with E-state index in [0.717, 1.165) is 22.5 Å². The van der Waals surface area contributed by atoms with Crippen molar-refractivity contribution >= 4 is 44.9 Å². The molecule has 4 nitrogen and oxygen atoms in total. The lowest BCUT2D eigenvalue weighted by molar-refractivity contribution is -0.141. The maximum atomic E-state index is 11.9. The molecule has 124 valence electrons. The molecule has 3 rings (SSSR count). The van der Waals surface area contributed by atoms with Gasteiger partial charge in [0.2, 0.25) is 0 Å². The fraction of sp³-hybridized carbons (Fsp3) is 0.222. The first-order valence-electron chi connectivity index (χ1n) is 7.43. The molecule has 1 heterocycles. The van der Waals surface area contributed by atoms with Crippen LogP contribution in [0.5, 0.6) is 0 Å². The molecule has 1 N–H and O–H groups in total. The van der Waals surface area contributed by atoms with Crippen LogP contribution in [0, 0.1) is 0 Å². The Morgan fingerprint density at radius 1 is 1.29 bits per heavy atom. The van der Waals surface area contributed by atoms with E-state index in [1.165, 1.54) is 7.11 Å². The molecule has 2 aromatic carbocycles. The number of alkyl halides is 1. The van der Waals surface area contributed by atoms with Gasteiger partial charge in [-0.25, -0.2) is 0 Å². The van der Waals surface area contributed by atoms with Gasteiger partial charge >= 0.3 is 5.97 Å². The number of rotatable bonds is 4. The van der Waals surface area contributed by atoms with Gasteiger partial charge in [-0.15, -0.1) is 0 Å². The van der Waals surface area contributed by atoms with Crippen LogP contribution in [0.15, 0.2) is 53.5 Å². The van der Waals surface area contributed by atoms with E-state index >= 15 is 0 Å². The Hall–Kier alpha value is -1.85. The standard InChI is InChI=1S/C18H16BrClN2O2/c1-24-16(23)10-18(11-19)21-15-8-7-13(20)9-14(15)17(22-18)12-5-3-2-4-6-12/h2-9,21H,10-11H2,1H3. The van der Waals surface area contributed by atoms with Gasteiger partial charge in [0.05, 0.1) is 19.2 Å². The summed E-state index contributed by atoms with van der Waals surface area (Å²) in [5.74, 6) is -0.324. The molecule has 2 aromatic rings. The summed E-state index contributed by atoms with van der Waals surface area (Å²) < 4.78 is 4.84. The van der Waals surface area contributed by atoms with Crippen molar-refractivity contribution in [3.05, 3.63) is 64.7 Å². The summed E-state index contributed by atoms with van der Waals surface area (Å²) in [5.41, 5.74) is 2.76. The number of fused-ring (bicyclic) bond motifs is 1. The third-order valence-electron chi connectivity index (χ3n) is 3.86. The highest BCUT2D eigenvalue weighted by Crippen LogP contribution is 2.35. The highest BCUT2D eigenvalue weighted by atomic mass is 79.9. The Morgan fingerprint density at radius 3 is 2.71 bits per heavy atom. The van der Waals surface area contributed by atoms with Gasteiger partial charge in [-0.1, -0.05) is 57.9 Å². The van der Waals surface area contributed by atoms with Crippen molar-refractivity contribution in [3.8, 4) is 0 Å². The van der Waals surface area contributed by atoms with Crippen molar-refractivity contribution < 1.29 is 9.53 Å². The fourth-order valence-electron chi connectivity index (χ4n) is 2.70. The summed E-state index contributed by atoms with van der Waals surface area (Å²) in [7, 11) is 1.38. The number of benzene rings is 2. The van der Waals surface area contributed by atoms with E-state index < -0.39 is 5.66 Å². The van der Waals surface area contributed by atoms with Crippen molar-refractivity contribution in [3.63, 3.8) is 0 Å². The maximum Gasteiger partial charge on any atom is 0.309 e. The largest absolute Gasteiger partial charge is 0.469 e. The van der Waals surface area contributed by atoms with Crippen LogP contribution in [0.4, 0.5) is 5.69 Å². The molecule has 1 unspecified atom stereocenters. The first-order chi connectivity index (χ1) is 11.6. The Balaban J connectivity index is 2.16. The van der Waals surface area contributed by atoms with E-state index in [2.05, 4.69) is 21.2 Å². The molecule has 0 radical (unpaired) electrons. The number of nitrogens with one attached hydrogen (secondary N) is 1. The summed E-state index contributed by atoms with van der Waals surface area (Å²) in [5, 5.41) is 4.46. The van der Waals surface area contributed by atoms with Gasteiger partial charge in [-0.2, -0.15) is 0 Å². The lowest BCUT2D eigenvalue weighted by atomic mass is 9.95. The quantitative estimate of drug-likeness (QED) is 0.609. The number of hydrogen-bond donors (Lipinski definition) is 1. The topological polar surface area (TPSA) is 50.7 Å². The summed E-state index contributed by atoms with van der Waals surface area (Å²) in [6, 6.07) is 15.5. The molecule has 0 spiro atoms. The van der Waals surface area contributed by atoms with Crippen LogP contribution in [-0.4, -0.2) is 29.8 Å². The molecule has 0 aromatic heterocycles. The average Bonchev–Trinajstić information content (AvgIpc) is 2.62. The van der Waals surface area contributed by atoms with Crippen LogP contribution in [-0.2, 0) is 9.53 Å². The van der Waals surface area contributed by atoms with Gasteiger partial charge in [-0.05, 0) is 18.2 Å². The second-order valence-electron chi connectivity index (χ2n) is 5.56. The minimum absolute atomic E-state index is 0.118. The Kier molecular flexibility index (Phi) is 4.92. The molecular weight excluding hydrogens is 392 g/mol. The number of methoxy groups -OCH3 is 1. The molecule has 0 aliphatic carbocycles. The van der Waals surface area contributed by atoms with Crippen molar-refractivity contribution in [2.24, 2.45) is 4.99 Å². The van der Waals surface area contributed by atoms with Crippen LogP contribution in [0.3, 0.4) is 0 Å². The summed E-state index contributed by atoms with van der Waals surface area (Å²) in [6.45, 7) is 0. The number of aliphatic imine (C=N–C) groups is 1. The van der Waals surface area contributed by atoms with Gasteiger partial charge in [0, 0.05) is 27.2 Å². The second-order valence-corrected chi connectivity index (χ2v) is 6.56. The fourth-order valence-corrected chi connectivity index (χ4v) is 3.33. The van der Waals surface area contributed by atoms with Crippen LogP contribution in [0.1, 0.15) is 17.5 Å². The normalized spacial score (nSPS) is 19.0. The number of carbonyl (C=O) groups is 1. The molecule has 0 amide bonds. The first-order valence-corrected chi connectivity index (χ1v) is 8.93. The highest BCUT2D eigenvalue weighted by Gasteiger charge is 2.37. The van der Waals surface area contributed by atoms with Crippen molar-refractivity contribution in [2.45, 2.75) is 12.1 Å². The van der Waals surface area contributed by atoms with E-state index in [4.69, 9.17) is 21.3 Å². The van der Waals surface area contributed by atoms with Crippen LogP contribution in [0.25, 0.3) is 0 Å². The molecule has 0 saturated heterocycles. The zero-order chi connectivity index (χ0) is 17.2. The molecule has 24 heavy (non-hydrogen) atoms. The molecule has 6 heteroatoms. The minimum Gasteiger partial charge on any atom is -0.469 e. The van der Waals surface area contributed by atoms with Crippen molar-refractivity contribution in [1.29, 1.82) is 0 Å². The predicted octanol–water partition coefficient (Wildman–Crippen LogP) is 4.26. The number of ether oxygens (including phenoxy) is 1. The van der Waals surface area contributed by atoms with Crippen LogP contribution >= 0.6 is 27.5 Å². The summed E-state index contributed by atoms with van der Waals surface area (Å²) in [4.78, 5) is 16.8. The van der Waals surface area contributed by atoms with Gasteiger partial charge in [0.25, 0.3) is 0 Å². The maximum absolute atomic E-state index is 11.9. The highest BCUT2D eigenvalue weighted by molar-refractivity contribution is 9.09. The summed E-state index contributed by atoms with van der Waals surface area (Å²) >= 11 is 9.66. The Morgan fingerprint density at radius 2 is 2.04 bits per heavy atom. The molecule has 1 atom stereocenters. The van der Waals surface area contributed by atoms with E-state index in [0.29, 0.717) is 10.4 Å². The predicted molar refractivity (Wildman–Crippen MR) is 100 cm³/mol. The number of anilines is 1. The number of hydrogen-bond acceptors (Lipinski definition) is 4. The number of halogens is 2. The Labute approximate surface area is 154 Å². The second kappa shape index (κ2) is 6.95.